The Morgan fingerprint density at radius 3 is 2.32 bits per heavy atom. The fraction of sp³-hybridized carbons (Fsp3) is 0.700. The minimum atomic E-state index is -1.52. The van der Waals surface area contributed by atoms with Gasteiger partial charge in [-0.15, -0.1) is 0 Å². The van der Waals surface area contributed by atoms with E-state index in [1.54, 1.807) is 0 Å². The number of aliphatic hydroxyl groups is 1. The maximum atomic E-state index is 11.7. The van der Waals surface area contributed by atoms with Gasteiger partial charge in [0.05, 0.1) is 19.6 Å². The van der Waals surface area contributed by atoms with Gasteiger partial charge in [-0.05, 0) is 0 Å². The summed E-state index contributed by atoms with van der Waals surface area (Å²) >= 11 is 0. The highest BCUT2D eigenvalue weighted by Gasteiger charge is 2.25. The van der Waals surface area contributed by atoms with E-state index in [2.05, 4.69) is 5.32 Å². The Balaban J connectivity index is 4.55. The number of hydrogen-bond acceptors (Lipinski definition) is 5. The summed E-state index contributed by atoms with van der Waals surface area (Å²) in [4.78, 5) is 34.1. The van der Waals surface area contributed by atoms with E-state index in [1.807, 2.05) is 0 Å². The van der Waals surface area contributed by atoms with Gasteiger partial charge in [-0.25, -0.2) is 9.59 Å². The van der Waals surface area contributed by atoms with Crippen LogP contribution >= 0.6 is 0 Å². The maximum absolute atomic E-state index is 11.7. The van der Waals surface area contributed by atoms with E-state index < -0.39 is 30.4 Å². The van der Waals surface area contributed by atoms with Crippen LogP contribution in [-0.4, -0.2) is 77.6 Å². The Bertz CT molecular complexity index is 321. The van der Waals surface area contributed by atoms with Gasteiger partial charge in [0.2, 0.25) is 0 Å². The summed E-state index contributed by atoms with van der Waals surface area (Å²) in [5.41, 5.74) is 0. The summed E-state index contributed by atoms with van der Waals surface area (Å²) in [6.07, 6.45) is -0.724. The first-order chi connectivity index (χ1) is 8.92. The Hall–Kier alpha value is -1.87. The third-order valence-corrected chi connectivity index (χ3v) is 2.20. The van der Waals surface area contributed by atoms with Crippen LogP contribution in [-0.2, 0) is 14.3 Å². The molecule has 0 aromatic heterocycles. The molecule has 0 saturated carbocycles. The summed E-state index contributed by atoms with van der Waals surface area (Å²) in [6, 6.07) is -2.28. The van der Waals surface area contributed by atoms with Crippen molar-refractivity contribution in [2.45, 2.75) is 12.5 Å². The maximum Gasteiger partial charge on any atom is 0.326 e. The molecule has 0 unspecified atom stereocenters. The summed E-state index contributed by atoms with van der Waals surface area (Å²) in [5.74, 6) is -2.77. The van der Waals surface area contributed by atoms with Crippen molar-refractivity contribution < 1.29 is 34.4 Å². The number of nitrogens with zero attached hydrogens (tertiary/aromatic N) is 1. The molecule has 0 aliphatic rings. The molecule has 4 N–H and O–H groups in total. The van der Waals surface area contributed by atoms with Crippen molar-refractivity contribution in [2.75, 3.05) is 33.4 Å². The highest BCUT2D eigenvalue weighted by atomic mass is 16.5. The van der Waals surface area contributed by atoms with Gasteiger partial charge in [-0.1, -0.05) is 0 Å². The number of methoxy groups -OCH3 is 1. The molecule has 1 atom stereocenters. The first-order valence-corrected chi connectivity index (χ1v) is 5.52. The van der Waals surface area contributed by atoms with Gasteiger partial charge in [-0.2, -0.15) is 0 Å². The van der Waals surface area contributed by atoms with Crippen LogP contribution in [0.2, 0.25) is 0 Å². The van der Waals surface area contributed by atoms with Crippen LogP contribution in [0, 0.1) is 0 Å². The molecule has 0 aliphatic heterocycles. The first kappa shape index (κ1) is 17.1. The molecule has 0 spiro atoms. The quantitative estimate of drug-likeness (QED) is 0.405. The van der Waals surface area contributed by atoms with Crippen LogP contribution in [0.4, 0.5) is 4.79 Å². The molecule has 0 aromatic rings. The van der Waals surface area contributed by atoms with Gasteiger partial charge in [0.15, 0.2) is 0 Å². The zero-order chi connectivity index (χ0) is 14.8. The van der Waals surface area contributed by atoms with Crippen molar-refractivity contribution in [3.63, 3.8) is 0 Å². The number of hydrogen-bond donors (Lipinski definition) is 4. The van der Waals surface area contributed by atoms with E-state index in [0.717, 1.165) is 4.90 Å². The Morgan fingerprint density at radius 2 is 1.89 bits per heavy atom. The summed E-state index contributed by atoms with van der Waals surface area (Å²) in [6.45, 7) is 0.0643. The molecule has 19 heavy (non-hydrogen) atoms. The van der Waals surface area contributed by atoms with Gasteiger partial charge < -0.3 is 30.3 Å². The van der Waals surface area contributed by atoms with Crippen molar-refractivity contribution in [2.24, 2.45) is 0 Å². The van der Waals surface area contributed by atoms with Crippen molar-refractivity contribution in [3.8, 4) is 0 Å². The van der Waals surface area contributed by atoms with Crippen LogP contribution in [0.1, 0.15) is 6.42 Å². The topological polar surface area (TPSA) is 136 Å². The monoisotopic (exact) mass is 278 g/mol. The van der Waals surface area contributed by atoms with Crippen molar-refractivity contribution >= 4 is 18.0 Å². The van der Waals surface area contributed by atoms with Crippen LogP contribution in [0.15, 0.2) is 0 Å². The molecule has 0 bridgehead atoms. The van der Waals surface area contributed by atoms with E-state index in [9.17, 15) is 14.4 Å². The lowest BCUT2D eigenvalue weighted by Crippen LogP contribution is -2.50. The van der Waals surface area contributed by atoms with Crippen LogP contribution < -0.4 is 5.32 Å². The molecule has 0 rings (SSSR count). The minimum absolute atomic E-state index is 0.00535. The highest BCUT2D eigenvalue weighted by Crippen LogP contribution is 1.97. The number of carboxylic acid groups (broad SMARTS) is 2. The van der Waals surface area contributed by atoms with E-state index in [0.29, 0.717) is 0 Å². The van der Waals surface area contributed by atoms with Gasteiger partial charge >= 0.3 is 18.0 Å². The van der Waals surface area contributed by atoms with Crippen LogP contribution in [0.5, 0.6) is 0 Å². The second-order valence-corrected chi connectivity index (χ2v) is 3.64. The van der Waals surface area contributed by atoms with E-state index in [4.69, 9.17) is 20.1 Å². The number of aliphatic hydroxyl groups excluding tert-OH is 1. The lowest BCUT2D eigenvalue weighted by atomic mass is 10.2. The van der Waals surface area contributed by atoms with Crippen LogP contribution in [0.25, 0.3) is 0 Å². The molecule has 0 aliphatic carbocycles. The average molecular weight is 278 g/mol. The van der Waals surface area contributed by atoms with Gasteiger partial charge in [0, 0.05) is 20.2 Å². The van der Waals surface area contributed by atoms with Crippen LogP contribution in [0.3, 0.4) is 0 Å². The zero-order valence-corrected chi connectivity index (χ0v) is 10.5. The third kappa shape index (κ3) is 7.21. The molecule has 0 radical (unpaired) electrons. The molecule has 0 fully saturated rings. The number of carboxylic acids is 2. The molecule has 0 aromatic carbocycles. The first-order valence-electron chi connectivity index (χ1n) is 5.52. The average Bonchev–Trinajstić information content (AvgIpc) is 2.32. The number of ether oxygens (including phenoxy) is 1. The molecule has 0 saturated heterocycles. The fourth-order valence-electron chi connectivity index (χ4n) is 1.25. The molecule has 0 heterocycles. The summed E-state index contributed by atoms with van der Waals surface area (Å²) < 4.78 is 4.77. The summed E-state index contributed by atoms with van der Waals surface area (Å²) in [5, 5.41) is 28.2. The number of carbonyl (C=O) groups excluding carboxylic acids is 1. The third-order valence-electron chi connectivity index (χ3n) is 2.20. The number of aliphatic carboxylic acids is 2. The van der Waals surface area contributed by atoms with Crippen molar-refractivity contribution in [3.05, 3.63) is 0 Å². The molecule has 9 heteroatoms. The van der Waals surface area contributed by atoms with Crippen molar-refractivity contribution in [1.29, 1.82) is 0 Å². The van der Waals surface area contributed by atoms with Gasteiger partial charge in [0.1, 0.15) is 6.04 Å². The minimum Gasteiger partial charge on any atom is -0.481 e. The summed E-state index contributed by atoms with van der Waals surface area (Å²) in [7, 11) is 1.43. The van der Waals surface area contributed by atoms with E-state index in [1.165, 1.54) is 7.11 Å². The Kier molecular flexibility index (Phi) is 8.22. The predicted molar refractivity (Wildman–Crippen MR) is 62.7 cm³/mol. The molecule has 9 nitrogen and oxygen atoms in total. The van der Waals surface area contributed by atoms with Gasteiger partial charge in [-0.3, -0.25) is 4.79 Å². The largest absolute Gasteiger partial charge is 0.481 e. The Labute approximate surface area is 109 Å². The van der Waals surface area contributed by atoms with E-state index >= 15 is 0 Å². The second-order valence-electron chi connectivity index (χ2n) is 3.64. The van der Waals surface area contributed by atoms with E-state index in [-0.39, 0.29) is 26.3 Å². The fourth-order valence-corrected chi connectivity index (χ4v) is 1.25. The normalized spacial score (nSPS) is 11.7. The van der Waals surface area contributed by atoms with Crippen molar-refractivity contribution in [1.82, 2.24) is 10.2 Å². The molecule has 110 valence electrons. The Morgan fingerprint density at radius 1 is 1.26 bits per heavy atom. The SMILES string of the molecule is COCCN(CCO)C(=O)N[C@H](CC(=O)O)C(=O)O. The zero-order valence-electron chi connectivity index (χ0n) is 10.5. The number of urea groups is 1. The predicted octanol–water partition coefficient (Wildman–Crippen LogP) is -1.44. The molecule has 2 amide bonds. The number of nitrogens with one attached hydrogen (secondary N) is 1. The number of amides is 2. The smallest absolute Gasteiger partial charge is 0.326 e. The molecular weight excluding hydrogens is 260 g/mol. The highest BCUT2D eigenvalue weighted by molar-refractivity contribution is 5.86. The lowest BCUT2D eigenvalue weighted by Gasteiger charge is -2.23. The van der Waals surface area contributed by atoms with Gasteiger partial charge in [0.25, 0.3) is 0 Å². The second kappa shape index (κ2) is 9.11. The molecular formula is C10H18N2O7. The standard InChI is InChI=1S/C10H18N2O7/c1-19-5-3-12(2-4-13)10(18)11-7(9(16)17)6-8(14)15/h7,13H,2-6H2,1H3,(H,11,18)(H,14,15)(H,16,17)/t7-/m1/s1. The number of rotatable bonds is 9. The number of carbonyl (C=O) groups is 3. The lowest BCUT2D eigenvalue weighted by molar-refractivity contribution is -0.145.